The van der Waals surface area contributed by atoms with E-state index in [1.807, 2.05) is 6.07 Å². The molecular formula is C17H8Cl2N4O2S. The highest BCUT2D eigenvalue weighted by atomic mass is 35.5. The zero-order valence-corrected chi connectivity index (χ0v) is 15.2. The zero-order chi connectivity index (χ0) is 18.7. The number of nitrogens with zero attached hydrogens (tertiary/aromatic N) is 4. The van der Waals surface area contributed by atoms with Crippen LogP contribution in [0.25, 0.3) is 11.3 Å². The molecule has 3 aromatic rings. The van der Waals surface area contributed by atoms with Gasteiger partial charge in [0.25, 0.3) is 0 Å². The van der Waals surface area contributed by atoms with Crippen LogP contribution < -0.4 is 0 Å². The third-order valence-electron chi connectivity index (χ3n) is 3.33. The van der Waals surface area contributed by atoms with Gasteiger partial charge in [-0.3, -0.25) is 10.1 Å². The molecule has 0 fully saturated rings. The van der Waals surface area contributed by atoms with Gasteiger partial charge in [0.1, 0.15) is 11.1 Å². The molecule has 2 aromatic heterocycles. The third-order valence-corrected chi connectivity index (χ3v) is 4.89. The summed E-state index contributed by atoms with van der Waals surface area (Å²) in [6.45, 7) is 0. The van der Waals surface area contributed by atoms with Crippen molar-refractivity contribution in [3.05, 3.63) is 74.4 Å². The van der Waals surface area contributed by atoms with Crippen molar-refractivity contribution < 1.29 is 4.92 Å². The van der Waals surface area contributed by atoms with E-state index >= 15 is 0 Å². The van der Waals surface area contributed by atoms with Crippen LogP contribution in [0.4, 0.5) is 5.69 Å². The lowest BCUT2D eigenvalue weighted by atomic mass is 10.1. The van der Waals surface area contributed by atoms with Crippen LogP contribution in [0.2, 0.25) is 10.0 Å². The molecule has 2 heterocycles. The van der Waals surface area contributed by atoms with Gasteiger partial charge in [0.05, 0.1) is 21.2 Å². The highest BCUT2D eigenvalue weighted by Gasteiger charge is 2.19. The minimum Gasteiger partial charge on any atom is -0.258 e. The van der Waals surface area contributed by atoms with Gasteiger partial charge in [0.2, 0.25) is 0 Å². The summed E-state index contributed by atoms with van der Waals surface area (Å²) in [5, 5.41) is 21.9. The minimum atomic E-state index is -0.526. The first kappa shape index (κ1) is 18.1. The fraction of sp³-hybridized carbons (Fsp3) is 0. The summed E-state index contributed by atoms with van der Waals surface area (Å²) in [5.41, 5.74) is 1.28. The molecule has 0 radical (unpaired) electrons. The third kappa shape index (κ3) is 3.78. The molecule has 128 valence electrons. The number of pyridine rings is 2. The van der Waals surface area contributed by atoms with Gasteiger partial charge in [-0.25, -0.2) is 9.97 Å². The summed E-state index contributed by atoms with van der Waals surface area (Å²) >= 11 is 13.1. The topological polar surface area (TPSA) is 92.7 Å². The molecule has 26 heavy (non-hydrogen) atoms. The predicted octanol–water partition coefficient (Wildman–Crippen LogP) is 5.38. The van der Waals surface area contributed by atoms with E-state index in [0.29, 0.717) is 26.3 Å². The van der Waals surface area contributed by atoms with Crippen molar-refractivity contribution in [1.29, 1.82) is 5.26 Å². The molecule has 0 unspecified atom stereocenters. The van der Waals surface area contributed by atoms with Crippen molar-refractivity contribution >= 4 is 40.7 Å². The molecule has 3 rings (SSSR count). The molecule has 0 spiro atoms. The van der Waals surface area contributed by atoms with Crippen LogP contribution >= 0.6 is 35.0 Å². The molecule has 0 aliphatic heterocycles. The maximum absolute atomic E-state index is 11.2. The summed E-state index contributed by atoms with van der Waals surface area (Å²) in [6.07, 6.45) is 1.45. The van der Waals surface area contributed by atoms with Gasteiger partial charge in [0.15, 0.2) is 5.03 Å². The first-order chi connectivity index (χ1) is 12.5. The van der Waals surface area contributed by atoms with E-state index in [4.69, 9.17) is 23.2 Å². The van der Waals surface area contributed by atoms with Crippen LogP contribution in [0.5, 0.6) is 0 Å². The van der Waals surface area contributed by atoms with Crippen LogP contribution in [0, 0.1) is 21.4 Å². The fourth-order valence-electron chi connectivity index (χ4n) is 2.14. The van der Waals surface area contributed by atoms with Crippen molar-refractivity contribution in [3.8, 4) is 17.3 Å². The average molecular weight is 403 g/mol. The lowest BCUT2D eigenvalue weighted by Gasteiger charge is -2.08. The van der Waals surface area contributed by atoms with E-state index in [2.05, 4.69) is 9.97 Å². The smallest absolute Gasteiger partial charge is 0.258 e. The predicted molar refractivity (Wildman–Crippen MR) is 99.4 cm³/mol. The van der Waals surface area contributed by atoms with Crippen molar-refractivity contribution in [2.45, 2.75) is 10.1 Å². The second-order valence-electron chi connectivity index (χ2n) is 4.97. The molecule has 0 saturated carbocycles. The molecular weight excluding hydrogens is 395 g/mol. The summed E-state index contributed by atoms with van der Waals surface area (Å²) in [4.78, 5) is 19.1. The molecule has 0 aliphatic rings. The number of halogens is 2. The molecule has 1 aromatic carbocycles. The van der Waals surface area contributed by atoms with Gasteiger partial charge in [-0.05, 0) is 48.2 Å². The summed E-state index contributed by atoms with van der Waals surface area (Å²) in [5.74, 6) is 0. The highest BCUT2D eigenvalue weighted by Crippen LogP contribution is 2.36. The number of benzene rings is 1. The largest absolute Gasteiger partial charge is 0.301 e. The average Bonchev–Trinajstić information content (AvgIpc) is 2.62. The van der Waals surface area contributed by atoms with Gasteiger partial charge in [-0.1, -0.05) is 23.2 Å². The van der Waals surface area contributed by atoms with E-state index in [1.54, 1.807) is 30.3 Å². The Labute approximate surface area is 162 Å². The van der Waals surface area contributed by atoms with Crippen LogP contribution in [-0.2, 0) is 0 Å². The van der Waals surface area contributed by atoms with E-state index < -0.39 is 4.92 Å². The number of hydrogen-bond donors (Lipinski definition) is 0. The molecule has 0 N–H and O–H groups in total. The van der Waals surface area contributed by atoms with Crippen molar-refractivity contribution in [3.63, 3.8) is 0 Å². The lowest BCUT2D eigenvalue weighted by Crippen LogP contribution is -1.95. The minimum absolute atomic E-state index is 0.154. The SMILES string of the molecule is N#Cc1ccc(-c2ccc(Cl)cc2Cl)nc1Sc1ncccc1[N+](=O)[O-]. The Morgan fingerprint density at radius 3 is 2.65 bits per heavy atom. The van der Waals surface area contributed by atoms with E-state index in [9.17, 15) is 15.4 Å². The molecule has 0 atom stereocenters. The van der Waals surface area contributed by atoms with Gasteiger partial charge in [-0.2, -0.15) is 5.26 Å². The fourth-order valence-corrected chi connectivity index (χ4v) is 3.56. The molecule has 0 amide bonds. The van der Waals surface area contributed by atoms with E-state index in [-0.39, 0.29) is 16.3 Å². The van der Waals surface area contributed by atoms with Crippen LogP contribution in [0.1, 0.15) is 5.56 Å². The number of nitriles is 1. The summed E-state index contributed by atoms with van der Waals surface area (Å²) in [7, 11) is 0. The Kier molecular flexibility index (Phi) is 5.38. The molecule has 0 aliphatic carbocycles. The Morgan fingerprint density at radius 2 is 1.96 bits per heavy atom. The Hall–Kier alpha value is -2.66. The Balaban J connectivity index is 2.07. The number of rotatable bonds is 4. The quantitative estimate of drug-likeness (QED) is 0.429. The normalized spacial score (nSPS) is 10.3. The highest BCUT2D eigenvalue weighted by molar-refractivity contribution is 7.99. The van der Waals surface area contributed by atoms with Gasteiger partial charge in [-0.15, -0.1) is 0 Å². The molecule has 0 bridgehead atoms. The number of hydrogen-bond acceptors (Lipinski definition) is 6. The maximum atomic E-state index is 11.2. The second kappa shape index (κ2) is 7.70. The van der Waals surface area contributed by atoms with Gasteiger partial charge in [0, 0.05) is 22.8 Å². The maximum Gasteiger partial charge on any atom is 0.301 e. The summed E-state index contributed by atoms with van der Waals surface area (Å²) in [6, 6.07) is 13.1. The zero-order valence-electron chi connectivity index (χ0n) is 12.9. The monoisotopic (exact) mass is 402 g/mol. The van der Waals surface area contributed by atoms with Gasteiger partial charge < -0.3 is 0 Å². The molecule has 0 saturated heterocycles. The standard InChI is InChI=1S/C17H8Cl2N4O2S/c18-11-4-5-12(13(19)8-11)14-6-3-10(9-20)16(22-14)26-17-15(23(24)25)2-1-7-21-17/h1-8H. The van der Waals surface area contributed by atoms with Crippen molar-refractivity contribution in [2.75, 3.05) is 0 Å². The lowest BCUT2D eigenvalue weighted by molar-refractivity contribution is -0.388. The Morgan fingerprint density at radius 1 is 1.15 bits per heavy atom. The Bertz CT molecular complexity index is 1050. The van der Waals surface area contributed by atoms with Crippen molar-refractivity contribution in [1.82, 2.24) is 9.97 Å². The number of aromatic nitrogens is 2. The van der Waals surface area contributed by atoms with E-state index in [0.717, 1.165) is 11.8 Å². The molecule has 9 heteroatoms. The summed E-state index contributed by atoms with van der Waals surface area (Å²) < 4.78 is 0. The van der Waals surface area contributed by atoms with E-state index in [1.165, 1.54) is 18.3 Å². The first-order valence-electron chi connectivity index (χ1n) is 7.13. The van der Waals surface area contributed by atoms with Crippen LogP contribution in [0.3, 0.4) is 0 Å². The van der Waals surface area contributed by atoms with Crippen LogP contribution in [-0.4, -0.2) is 14.9 Å². The second-order valence-corrected chi connectivity index (χ2v) is 6.79. The van der Waals surface area contributed by atoms with Crippen LogP contribution in [0.15, 0.2) is 58.7 Å². The number of nitro groups is 1. The van der Waals surface area contributed by atoms with Gasteiger partial charge >= 0.3 is 5.69 Å². The first-order valence-corrected chi connectivity index (χ1v) is 8.70. The van der Waals surface area contributed by atoms with Crippen molar-refractivity contribution in [2.24, 2.45) is 0 Å². The molecule has 6 nitrogen and oxygen atoms in total.